The Labute approximate surface area is 181 Å². The van der Waals surface area contributed by atoms with Gasteiger partial charge >= 0.3 is 5.97 Å². The Morgan fingerprint density at radius 2 is 1.55 bits per heavy atom. The average molecular weight is 419 g/mol. The summed E-state index contributed by atoms with van der Waals surface area (Å²) in [4.78, 5) is 50.1. The number of fused-ring (bicyclic) bond motifs is 2. The minimum absolute atomic E-state index is 0.170. The number of benzene rings is 2. The van der Waals surface area contributed by atoms with Crippen LogP contribution in [-0.2, 0) is 14.3 Å². The fraction of sp³-hybridized carbons (Fsp3) is 0.360. The molecule has 0 saturated heterocycles. The molecule has 0 aromatic heterocycles. The van der Waals surface area contributed by atoms with Gasteiger partial charge in [-0.25, -0.2) is 0 Å². The Morgan fingerprint density at radius 3 is 2.29 bits per heavy atom. The highest BCUT2D eigenvalue weighted by Crippen LogP contribution is 2.32. The molecular weight excluding hydrogens is 394 g/mol. The number of carbonyl (C=O) groups is 4. The van der Waals surface area contributed by atoms with Gasteiger partial charge in [0, 0.05) is 23.1 Å². The lowest BCUT2D eigenvalue weighted by Crippen LogP contribution is -2.26. The molecule has 31 heavy (non-hydrogen) atoms. The third kappa shape index (κ3) is 4.58. The molecule has 0 bridgehead atoms. The quantitative estimate of drug-likeness (QED) is 0.602. The smallest absolute Gasteiger partial charge is 0.306 e. The predicted octanol–water partition coefficient (Wildman–Crippen LogP) is 4.30. The van der Waals surface area contributed by atoms with Gasteiger partial charge in [-0.3, -0.25) is 19.2 Å². The van der Waals surface area contributed by atoms with Gasteiger partial charge in [0.05, 0.1) is 11.3 Å². The number of rotatable bonds is 6. The molecule has 6 heteroatoms. The maximum absolute atomic E-state index is 13.0. The third-order valence-corrected chi connectivity index (χ3v) is 6.07. The molecule has 2 aliphatic rings. The predicted molar refractivity (Wildman–Crippen MR) is 115 cm³/mol. The first-order valence-electron chi connectivity index (χ1n) is 10.8. The first-order valence-corrected chi connectivity index (χ1v) is 10.8. The summed E-state index contributed by atoms with van der Waals surface area (Å²) in [5, 5.41) is 2.62. The highest BCUT2D eigenvalue weighted by Gasteiger charge is 2.31. The molecule has 160 valence electrons. The highest BCUT2D eigenvalue weighted by atomic mass is 16.5. The van der Waals surface area contributed by atoms with Crippen LogP contribution in [0.25, 0.3) is 0 Å². The van der Waals surface area contributed by atoms with E-state index in [0.717, 1.165) is 19.3 Å². The van der Waals surface area contributed by atoms with Crippen LogP contribution in [0.4, 0.5) is 5.69 Å². The molecule has 0 unspecified atom stereocenters. The van der Waals surface area contributed by atoms with Gasteiger partial charge < -0.3 is 10.1 Å². The van der Waals surface area contributed by atoms with E-state index in [9.17, 15) is 19.2 Å². The number of amides is 1. The summed E-state index contributed by atoms with van der Waals surface area (Å²) in [6.45, 7) is -0.425. The Bertz CT molecular complexity index is 1040. The van der Waals surface area contributed by atoms with Gasteiger partial charge in [0.1, 0.15) is 0 Å². The van der Waals surface area contributed by atoms with Gasteiger partial charge in [-0.05, 0) is 18.4 Å². The van der Waals surface area contributed by atoms with Crippen LogP contribution < -0.4 is 5.32 Å². The maximum Gasteiger partial charge on any atom is 0.306 e. The molecule has 2 aromatic carbocycles. The SMILES string of the molecule is O=C(COC(=O)CCC1CCCCC1)Nc1cccc2c1C(=O)c1ccccc1C2=O. The van der Waals surface area contributed by atoms with Crippen LogP contribution in [0, 0.1) is 5.92 Å². The average Bonchev–Trinajstić information content (AvgIpc) is 2.80. The van der Waals surface area contributed by atoms with Crippen molar-refractivity contribution in [1.29, 1.82) is 0 Å². The number of anilines is 1. The molecule has 0 radical (unpaired) electrons. The van der Waals surface area contributed by atoms with E-state index >= 15 is 0 Å². The molecule has 0 atom stereocenters. The van der Waals surface area contributed by atoms with Crippen LogP contribution in [0.1, 0.15) is 76.8 Å². The molecule has 6 nitrogen and oxygen atoms in total. The second kappa shape index (κ2) is 9.25. The van der Waals surface area contributed by atoms with Crippen molar-refractivity contribution >= 4 is 29.1 Å². The Hall–Kier alpha value is -3.28. The van der Waals surface area contributed by atoms with Crippen LogP contribution in [0.3, 0.4) is 0 Å². The molecule has 0 heterocycles. The first kappa shape index (κ1) is 21.0. The molecule has 1 saturated carbocycles. The number of esters is 1. The molecule has 0 aliphatic heterocycles. The van der Waals surface area contributed by atoms with E-state index < -0.39 is 18.5 Å². The molecule has 0 spiro atoms. The number of ketones is 2. The number of nitrogens with one attached hydrogen (secondary N) is 1. The van der Waals surface area contributed by atoms with E-state index in [0.29, 0.717) is 23.5 Å². The topological polar surface area (TPSA) is 89.5 Å². The summed E-state index contributed by atoms with van der Waals surface area (Å²) in [6, 6.07) is 11.4. The van der Waals surface area contributed by atoms with Crippen molar-refractivity contribution in [3.63, 3.8) is 0 Å². The van der Waals surface area contributed by atoms with Crippen molar-refractivity contribution in [3.8, 4) is 0 Å². The summed E-state index contributed by atoms with van der Waals surface area (Å²) in [6.07, 6.45) is 7.12. The van der Waals surface area contributed by atoms with Crippen molar-refractivity contribution in [3.05, 3.63) is 64.7 Å². The lowest BCUT2D eigenvalue weighted by atomic mass is 9.83. The zero-order valence-corrected chi connectivity index (χ0v) is 17.3. The summed E-state index contributed by atoms with van der Waals surface area (Å²) in [5.41, 5.74) is 1.34. The minimum Gasteiger partial charge on any atom is -0.456 e. The fourth-order valence-electron chi connectivity index (χ4n) is 4.45. The molecule has 1 fully saturated rings. The molecule has 4 rings (SSSR count). The van der Waals surface area contributed by atoms with E-state index in [-0.39, 0.29) is 28.4 Å². The second-order valence-electron chi connectivity index (χ2n) is 8.18. The number of ether oxygens (including phenoxy) is 1. The summed E-state index contributed by atoms with van der Waals surface area (Å²) in [7, 11) is 0. The third-order valence-electron chi connectivity index (χ3n) is 6.07. The largest absolute Gasteiger partial charge is 0.456 e. The lowest BCUT2D eigenvalue weighted by Gasteiger charge is -2.21. The van der Waals surface area contributed by atoms with Crippen LogP contribution in [0.2, 0.25) is 0 Å². The minimum atomic E-state index is -0.543. The first-order chi connectivity index (χ1) is 15.0. The van der Waals surface area contributed by atoms with Crippen LogP contribution in [-0.4, -0.2) is 30.0 Å². The van der Waals surface area contributed by atoms with Gasteiger partial charge in [-0.15, -0.1) is 0 Å². The number of hydrogen-bond acceptors (Lipinski definition) is 5. The van der Waals surface area contributed by atoms with Gasteiger partial charge in [-0.2, -0.15) is 0 Å². The molecule has 2 aromatic rings. The summed E-state index contributed by atoms with van der Waals surface area (Å²) >= 11 is 0. The number of hydrogen-bond donors (Lipinski definition) is 1. The van der Waals surface area contributed by atoms with Crippen LogP contribution in [0.5, 0.6) is 0 Å². The monoisotopic (exact) mass is 419 g/mol. The highest BCUT2D eigenvalue weighted by molar-refractivity contribution is 6.30. The van der Waals surface area contributed by atoms with Crippen molar-refractivity contribution in [2.75, 3.05) is 11.9 Å². The van der Waals surface area contributed by atoms with E-state index in [1.54, 1.807) is 42.5 Å². The Morgan fingerprint density at radius 1 is 0.871 bits per heavy atom. The normalized spacial score (nSPS) is 15.7. The van der Waals surface area contributed by atoms with Crippen molar-refractivity contribution in [2.45, 2.75) is 44.9 Å². The summed E-state index contributed by atoms with van der Waals surface area (Å²) in [5.74, 6) is -0.937. The second-order valence-corrected chi connectivity index (χ2v) is 8.18. The lowest BCUT2D eigenvalue weighted by molar-refractivity contribution is -0.147. The van der Waals surface area contributed by atoms with Gasteiger partial charge in [-0.1, -0.05) is 68.5 Å². The molecule has 1 amide bonds. The van der Waals surface area contributed by atoms with Crippen molar-refractivity contribution in [2.24, 2.45) is 5.92 Å². The van der Waals surface area contributed by atoms with Crippen molar-refractivity contribution < 1.29 is 23.9 Å². The van der Waals surface area contributed by atoms with E-state index in [1.165, 1.54) is 19.3 Å². The van der Waals surface area contributed by atoms with Crippen LogP contribution >= 0.6 is 0 Å². The molecular formula is C25H25NO5. The molecule has 2 aliphatic carbocycles. The Kier molecular flexibility index (Phi) is 6.26. The van der Waals surface area contributed by atoms with Gasteiger partial charge in [0.25, 0.3) is 5.91 Å². The van der Waals surface area contributed by atoms with Gasteiger partial charge in [0.15, 0.2) is 18.2 Å². The van der Waals surface area contributed by atoms with E-state index in [1.807, 2.05) is 0 Å². The maximum atomic E-state index is 13.0. The molecule has 1 N–H and O–H groups in total. The standard InChI is InChI=1S/C25H25NO5/c27-21(15-31-22(28)14-13-16-7-2-1-3-8-16)26-20-12-6-11-19-23(20)25(30)18-10-5-4-9-17(18)24(19)29/h4-6,9-12,16H,1-3,7-8,13-15H2,(H,26,27). The Balaban J connectivity index is 1.38. The zero-order chi connectivity index (χ0) is 21.8. The van der Waals surface area contributed by atoms with E-state index in [4.69, 9.17) is 4.74 Å². The zero-order valence-electron chi connectivity index (χ0n) is 17.3. The van der Waals surface area contributed by atoms with Crippen LogP contribution in [0.15, 0.2) is 42.5 Å². The summed E-state index contributed by atoms with van der Waals surface area (Å²) < 4.78 is 5.11. The van der Waals surface area contributed by atoms with E-state index in [2.05, 4.69) is 5.32 Å². The van der Waals surface area contributed by atoms with Gasteiger partial charge in [0.2, 0.25) is 0 Å². The fourth-order valence-corrected chi connectivity index (χ4v) is 4.45. The number of carbonyl (C=O) groups excluding carboxylic acids is 4. The van der Waals surface area contributed by atoms with Crippen molar-refractivity contribution in [1.82, 2.24) is 0 Å².